The van der Waals surface area contributed by atoms with E-state index in [0.29, 0.717) is 5.82 Å². The van der Waals surface area contributed by atoms with Gasteiger partial charge in [-0.2, -0.15) is 0 Å². The lowest BCUT2D eigenvalue weighted by Gasteiger charge is -2.21. The fourth-order valence-corrected chi connectivity index (χ4v) is 2.09. The molecule has 1 aromatic carbocycles. The van der Waals surface area contributed by atoms with Gasteiger partial charge in [0.15, 0.2) is 0 Å². The number of aryl methyl sites for hydroxylation is 1. The fourth-order valence-electron chi connectivity index (χ4n) is 2.09. The molecular weight excluding hydrogens is 294 g/mol. The highest BCUT2D eigenvalue weighted by Crippen LogP contribution is 2.08. The zero-order valence-electron chi connectivity index (χ0n) is 12.9. The molecule has 120 valence electrons. The van der Waals surface area contributed by atoms with Crippen LogP contribution < -0.4 is 5.32 Å². The largest absolute Gasteiger partial charge is 0.395 e. The van der Waals surface area contributed by atoms with Gasteiger partial charge in [0.1, 0.15) is 5.82 Å². The van der Waals surface area contributed by atoms with E-state index in [4.69, 9.17) is 5.11 Å². The van der Waals surface area contributed by atoms with Crippen molar-refractivity contribution in [1.82, 2.24) is 9.88 Å². The summed E-state index contributed by atoms with van der Waals surface area (Å²) in [5.41, 5.74) is 1.81. The summed E-state index contributed by atoms with van der Waals surface area (Å²) >= 11 is 0. The number of hydrogen-bond donors (Lipinski definition) is 2. The second kappa shape index (κ2) is 8.05. The topological polar surface area (TPSA) is 82.5 Å². The average molecular weight is 313 g/mol. The Kier molecular flexibility index (Phi) is 5.82. The van der Waals surface area contributed by atoms with Gasteiger partial charge in [0.2, 0.25) is 0 Å². The van der Waals surface area contributed by atoms with Crippen LogP contribution in [0.1, 0.15) is 11.1 Å². The Morgan fingerprint density at radius 2 is 1.96 bits per heavy atom. The molecule has 1 heterocycles. The van der Waals surface area contributed by atoms with Gasteiger partial charge in [-0.3, -0.25) is 9.59 Å². The van der Waals surface area contributed by atoms with Crippen molar-refractivity contribution >= 4 is 17.6 Å². The predicted molar refractivity (Wildman–Crippen MR) is 86.5 cm³/mol. The van der Waals surface area contributed by atoms with E-state index < -0.39 is 11.8 Å². The molecule has 0 bridgehead atoms. The summed E-state index contributed by atoms with van der Waals surface area (Å²) in [4.78, 5) is 29.7. The van der Waals surface area contributed by atoms with Crippen molar-refractivity contribution in [3.05, 3.63) is 59.8 Å². The molecule has 0 fully saturated rings. The summed E-state index contributed by atoms with van der Waals surface area (Å²) in [6.07, 6.45) is 1.56. The van der Waals surface area contributed by atoms with Gasteiger partial charge in [-0.1, -0.05) is 30.3 Å². The number of nitrogens with one attached hydrogen (secondary N) is 1. The lowest BCUT2D eigenvalue weighted by molar-refractivity contribution is -0.143. The number of nitrogens with zero attached hydrogens (tertiary/aromatic N) is 2. The van der Waals surface area contributed by atoms with E-state index in [2.05, 4.69) is 10.3 Å². The first-order valence-corrected chi connectivity index (χ1v) is 7.28. The molecule has 0 aliphatic carbocycles. The normalized spacial score (nSPS) is 10.2. The van der Waals surface area contributed by atoms with E-state index in [1.807, 2.05) is 37.3 Å². The van der Waals surface area contributed by atoms with Crippen LogP contribution in [0.3, 0.4) is 0 Å². The molecule has 0 aliphatic rings. The highest BCUT2D eigenvalue weighted by atomic mass is 16.3. The van der Waals surface area contributed by atoms with Crippen LogP contribution in [0.5, 0.6) is 0 Å². The van der Waals surface area contributed by atoms with E-state index in [9.17, 15) is 9.59 Å². The minimum absolute atomic E-state index is 0.0857. The summed E-state index contributed by atoms with van der Waals surface area (Å²) in [5, 5.41) is 11.6. The molecule has 1 aromatic heterocycles. The third-order valence-electron chi connectivity index (χ3n) is 3.22. The molecule has 6 nitrogen and oxygen atoms in total. The van der Waals surface area contributed by atoms with Gasteiger partial charge in [-0.25, -0.2) is 4.98 Å². The van der Waals surface area contributed by atoms with Gasteiger partial charge in [0.05, 0.1) is 6.61 Å². The number of carbonyl (C=O) groups excluding carboxylic acids is 2. The fraction of sp³-hybridized carbons (Fsp3) is 0.235. The molecule has 0 atom stereocenters. The second-order valence-corrected chi connectivity index (χ2v) is 5.11. The SMILES string of the molecule is Cc1ccnc(NC(=O)C(=O)N(CCO)Cc2ccccc2)c1. The molecular formula is C17H19N3O3. The zero-order chi connectivity index (χ0) is 16.7. The van der Waals surface area contributed by atoms with E-state index in [1.165, 1.54) is 4.90 Å². The van der Waals surface area contributed by atoms with Crippen molar-refractivity contribution in [2.45, 2.75) is 13.5 Å². The number of carbonyl (C=O) groups is 2. The summed E-state index contributed by atoms with van der Waals surface area (Å²) in [6, 6.07) is 12.8. The minimum Gasteiger partial charge on any atom is -0.395 e. The molecule has 0 aliphatic heterocycles. The van der Waals surface area contributed by atoms with E-state index >= 15 is 0 Å². The van der Waals surface area contributed by atoms with Gasteiger partial charge < -0.3 is 15.3 Å². The van der Waals surface area contributed by atoms with Crippen molar-refractivity contribution < 1.29 is 14.7 Å². The van der Waals surface area contributed by atoms with Gasteiger partial charge >= 0.3 is 11.8 Å². The highest BCUT2D eigenvalue weighted by molar-refractivity contribution is 6.39. The van der Waals surface area contributed by atoms with Gasteiger partial charge in [-0.15, -0.1) is 0 Å². The summed E-state index contributed by atoms with van der Waals surface area (Å²) in [6.45, 7) is 2.00. The van der Waals surface area contributed by atoms with Crippen LogP contribution in [0.25, 0.3) is 0 Å². The van der Waals surface area contributed by atoms with Crippen molar-refractivity contribution in [1.29, 1.82) is 0 Å². The molecule has 2 rings (SSSR count). The van der Waals surface area contributed by atoms with E-state index in [1.54, 1.807) is 18.3 Å². The molecule has 0 saturated carbocycles. The molecule has 0 radical (unpaired) electrons. The Labute approximate surface area is 134 Å². The number of rotatable bonds is 5. The molecule has 2 N–H and O–H groups in total. The maximum Gasteiger partial charge on any atom is 0.315 e. The number of anilines is 1. The monoisotopic (exact) mass is 313 g/mol. The maximum absolute atomic E-state index is 12.3. The van der Waals surface area contributed by atoms with Crippen LogP contribution in [0.4, 0.5) is 5.82 Å². The van der Waals surface area contributed by atoms with Crippen molar-refractivity contribution in [3.8, 4) is 0 Å². The molecule has 23 heavy (non-hydrogen) atoms. The van der Waals surface area contributed by atoms with Crippen LogP contribution in [-0.4, -0.2) is 40.0 Å². The third kappa shape index (κ3) is 4.89. The highest BCUT2D eigenvalue weighted by Gasteiger charge is 2.22. The van der Waals surface area contributed by atoms with Crippen LogP contribution >= 0.6 is 0 Å². The van der Waals surface area contributed by atoms with Crippen molar-refractivity contribution in [2.75, 3.05) is 18.5 Å². The number of benzene rings is 1. The van der Waals surface area contributed by atoms with E-state index in [-0.39, 0.29) is 19.7 Å². The first kappa shape index (κ1) is 16.6. The van der Waals surface area contributed by atoms with E-state index in [0.717, 1.165) is 11.1 Å². The molecule has 0 unspecified atom stereocenters. The molecule has 2 amide bonds. The second-order valence-electron chi connectivity index (χ2n) is 5.11. The molecule has 6 heteroatoms. The number of hydrogen-bond acceptors (Lipinski definition) is 4. The van der Waals surface area contributed by atoms with Gasteiger partial charge in [0, 0.05) is 19.3 Å². The maximum atomic E-state index is 12.3. The number of aromatic nitrogens is 1. The average Bonchev–Trinajstić information content (AvgIpc) is 2.55. The Morgan fingerprint density at radius 3 is 2.61 bits per heavy atom. The quantitative estimate of drug-likeness (QED) is 0.816. The summed E-state index contributed by atoms with van der Waals surface area (Å²) in [5.74, 6) is -1.15. The van der Waals surface area contributed by atoms with Crippen LogP contribution in [-0.2, 0) is 16.1 Å². The van der Waals surface area contributed by atoms with Crippen LogP contribution in [0.15, 0.2) is 48.7 Å². The smallest absolute Gasteiger partial charge is 0.315 e. The van der Waals surface area contributed by atoms with Crippen molar-refractivity contribution in [2.24, 2.45) is 0 Å². The Hall–Kier alpha value is -2.73. The molecule has 2 aromatic rings. The lowest BCUT2D eigenvalue weighted by atomic mass is 10.2. The van der Waals surface area contributed by atoms with Gasteiger partial charge in [0.25, 0.3) is 0 Å². The molecule has 0 saturated heterocycles. The number of amides is 2. The Morgan fingerprint density at radius 1 is 1.22 bits per heavy atom. The summed E-state index contributed by atoms with van der Waals surface area (Å²) in [7, 11) is 0. The summed E-state index contributed by atoms with van der Waals surface area (Å²) < 4.78 is 0. The van der Waals surface area contributed by atoms with Crippen LogP contribution in [0.2, 0.25) is 0 Å². The number of pyridine rings is 1. The minimum atomic E-state index is -0.771. The van der Waals surface area contributed by atoms with Gasteiger partial charge in [-0.05, 0) is 30.2 Å². The Bertz CT molecular complexity index is 674. The Balaban J connectivity index is 2.06. The number of aliphatic hydroxyl groups excluding tert-OH is 1. The zero-order valence-corrected chi connectivity index (χ0v) is 12.9. The third-order valence-corrected chi connectivity index (χ3v) is 3.22. The predicted octanol–water partition coefficient (Wildman–Crippen LogP) is 1.35. The van der Waals surface area contributed by atoms with Crippen molar-refractivity contribution in [3.63, 3.8) is 0 Å². The first-order chi connectivity index (χ1) is 11.1. The van der Waals surface area contributed by atoms with Crippen LogP contribution in [0, 0.1) is 6.92 Å². The first-order valence-electron chi connectivity index (χ1n) is 7.28. The molecule has 0 spiro atoms. The standard InChI is InChI=1S/C17H19N3O3/c1-13-7-8-18-15(11-13)19-16(22)17(23)20(9-10-21)12-14-5-3-2-4-6-14/h2-8,11,21H,9-10,12H2,1H3,(H,18,19,22). The lowest BCUT2D eigenvalue weighted by Crippen LogP contribution is -2.40. The number of aliphatic hydroxyl groups is 1.